The van der Waals surface area contributed by atoms with Gasteiger partial charge in [0.05, 0.1) is 11.0 Å². The van der Waals surface area contributed by atoms with Gasteiger partial charge in [0.1, 0.15) is 0 Å². The topological polar surface area (TPSA) is 40.5 Å². The fraction of sp³-hybridized carbons (Fsp3) is 0.609. The third kappa shape index (κ3) is 3.00. The van der Waals surface area contributed by atoms with Gasteiger partial charge in [-0.3, -0.25) is 4.79 Å². The van der Waals surface area contributed by atoms with Crippen LogP contribution in [0.2, 0.25) is 0 Å². The minimum atomic E-state index is -0.605. The number of hydrogen-bond acceptors (Lipinski definition) is 2. The minimum absolute atomic E-state index is 0.185. The van der Waals surface area contributed by atoms with Gasteiger partial charge in [-0.2, -0.15) is 0 Å². The van der Waals surface area contributed by atoms with Gasteiger partial charge in [0, 0.05) is 13.6 Å². The Morgan fingerprint density at radius 3 is 2.65 bits per heavy atom. The van der Waals surface area contributed by atoms with Crippen molar-refractivity contribution in [3.63, 3.8) is 0 Å². The predicted molar refractivity (Wildman–Crippen MR) is 104 cm³/mol. The first-order chi connectivity index (χ1) is 12.4. The van der Waals surface area contributed by atoms with Crippen molar-refractivity contribution < 1.29 is 9.90 Å². The van der Waals surface area contributed by atoms with Crippen LogP contribution in [0.15, 0.2) is 36.4 Å². The molecule has 140 valence electrons. The second-order valence-electron chi connectivity index (χ2n) is 9.37. The molecule has 1 amide bonds. The van der Waals surface area contributed by atoms with E-state index in [9.17, 15) is 9.90 Å². The highest BCUT2D eigenvalue weighted by Gasteiger charge is 2.65. The van der Waals surface area contributed by atoms with Crippen LogP contribution in [0.25, 0.3) is 6.08 Å². The van der Waals surface area contributed by atoms with Gasteiger partial charge in [-0.05, 0) is 55.4 Å². The highest BCUT2D eigenvalue weighted by Crippen LogP contribution is 2.67. The lowest BCUT2D eigenvalue weighted by atomic mass is 9.42. The standard InChI is InChI=1S/C23H31NO2/c1-3-21-12-19-13-22(15-21,17-23(26,14-19)16-21)20(25)24(2)11-7-10-18-8-5-4-6-9-18/h4-10,19,26H,3,11-17H2,1-2H3/b10-7+/t19-,21+,22-,23-/m1/s1. The third-order valence-electron chi connectivity index (χ3n) is 7.19. The zero-order valence-electron chi connectivity index (χ0n) is 16.1. The van der Waals surface area contributed by atoms with E-state index in [-0.39, 0.29) is 16.7 Å². The molecule has 4 atom stereocenters. The van der Waals surface area contributed by atoms with Crippen molar-refractivity contribution in [2.75, 3.05) is 13.6 Å². The highest BCUT2D eigenvalue weighted by atomic mass is 16.3. The molecule has 1 aromatic carbocycles. The largest absolute Gasteiger partial charge is 0.390 e. The van der Waals surface area contributed by atoms with Crippen LogP contribution in [0, 0.1) is 16.7 Å². The molecular weight excluding hydrogens is 322 g/mol. The van der Waals surface area contributed by atoms with E-state index in [4.69, 9.17) is 0 Å². The third-order valence-corrected chi connectivity index (χ3v) is 7.19. The number of likely N-dealkylation sites (N-methyl/N-ethyl adjacent to an activating group) is 1. The molecule has 26 heavy (non-hydrogen) atoms. The van der Waals surface area contributed by atoms with Crippen LogP contribution in [0.1, 0.15) is 57.4 Å². The number of nitrogens with zero attached hydrogens (tertiary/aromatic N) is 1. The summed E-state index contributed by atoms with van der Waals surface area (Å²) < 4.78 is 0. The lowest BCUT2D eigenvalue weighted by Crippen LogP contribution is -2.63. The SMILES string of the molecule is CC[C@@]12C[C@H]3C[C@@](O)(C1)C[C@@](C(=O)N(C)C/C=C/c1ccccc1)(C3)C2. The van der Waals surface area contributed by atoms with Crippen molar-refractivity contribution >= 4 is 12.0 Å². The quantitative estimate of drug-likeness (QED) is 0.859. The van der Waals surface area contributed by atoms with Gasteiger partial charge in [-0.25, -0.2) is 0 Å². The Morgan fingerprint density at radius 1 is 1.19 bits per heavy atom. The van der Waals surface area contributed by atoms with Gasteiger partial charge in [-0.15, -0.1) is 0 Å². The summed E-state index contributed by atoms with van der Waals surface area (Å²) >= 11 is 0. The first-order valence-electron chi connectivity index (χ1n) is 10.1. The van der Waals surface area contributed by atoms with E-state index in [0.717, 1.165) is 37.7 Å². The molecule has 4 fully saturated rings. The van der Waals surface area contributed by atoms with Gasteiger partial charge in [-0.1, -0.05) is 55.8 Å². The maximum atomic E-state index is 13.4. The molecule has 4 saturated carbocycles. The number of aliphatic hydroxyl groups is 1. The number of rotatable bonds is 5. The molecule has 4 aliphatic carbocycles. The molecule has 4 aliphatic rings. The van der Waals surface area contributed by atoms with Gasteiger partial charge in [0.2, 0.25) is 5.91 Å². The molecule has 1 N–H and O–H groups in total. The fourth-order valence-electron chi connectivity index (χ4n) is 6.62. The van der Waals surface area contributed by atoms with Gasteiger partial charge in [0.15, 0.2) is 0 Å². The molecule has 0 unspecified atom stereocenters. The Morgan fingerprint density at radius 2 is 1.96 bits per heavy atom. The zero-order chi connectivity index (χ0) is 18.4. The number of hydrogen-bond donors (Lipinski definition) is 1. The number of benzene rings is 1. The first-order valence-corrected chi connectivity index (χ1v) is 10.1. The Hall–Kier alpha value is -1.61. The van der Waals surface area contributed by atoms with Crippen molar-refractivity contribution in [3.05, 3.63) is 42.0 Å². The smallest absolute Gasteiger partial charge is 0.228 e. The molecule has 0 heterocycles. The Balaban J connectivity index is 1.49. The summed E-state index contributed by atoms with van der Waals surface area (Å²) in [6.07, 6.45) is 10.9. The first kappa shape index (κ1) is 17.8. The van der Waals surface area contributed by atoms with E-state index < -0.39 is 5.60 Å². The number of carbonyl (C=O) groups is 1. The molecule has 0 aliphatic heterocycles. The molecule has 5 rings (SSSR count). The van der Waals surface area contributed by atoms with Crippen molar-refractivity contribution in [3.8, 4) is 0 Å². The minimum Gasteiger partial charge on any atom is -0.390 e. The van der Waals surface area contributed by atoms with Crippen LogP contribution in [0.5, 0.6) is 0 Å². The average molecular weight is 354 g/mol. The lowest BCUT2D eigenvalue weighted by molar-refractivity contribution is -0.208. The molecule has 0 radical (unpaired) electrons. The maximum Gasteiger partial charge on any atom is 0.228 e. The van der Waals surface area contributed by atoms with E-state index in [0.29, 0.717) is 18.9 Å². The highest BCUT2D eigenvalue weighted by molar-refractivity contribution is 5.83. The van der Waals surface area contributed by atoms with Crippen LogP contribution >= 0.6 is 0 Å². The van der Waals surface area contributed by atoms with Crippen LogP contribution in [0.3, 0.4) is 0 Å². The summed E-state index contributed by atoms with van der Waals surface area (Å²) in [5.41, 5.74) is 0.401. The van der Waals surface area contributed by atoms with E-state index in [1.165, 1.54) is 6.42 Å². The van der Waals surface area contributed by atoms with Crippen LogP contribution in [-0.4, -0.2) is 35.1 Å². The molecule has 1 aromatic rings. The van der Waals surface area contributed by atoms with Crippen molar-refractivity contribution in [2.45, 2.75) is 57.5 Å². The summed E-state index contributed by atoms with van der Waals surface area (Å²) in [6.45, 7) is 2.86. The summed E-state index contributed by atoms with van der Waals surface area (Å²) in [5.74, 6) is 0.768. The van der Waals surface area contributed by atoms with E-state index in [1.807, 2.05) is 30.1 Å². The van der Waals surface area contributed by atoms with Crippen LogP contribution in [0.4, 0.5) is 0 Å². The Labute approximate surface area is 157 Å². The van der Waals surface area contributed by atoms with Gasteiger partial charge < -0.3 is 10.0 Å². The second-order valence-corrected chi connectivity index (χ2v) is 9.37. The molecule has 0 spiro atoms. The average Bonchev–Trinajstić information content (AvgIpc) is 2.60. The van der Waals surface area contributed by atoms with Crippen LogP contribution in [-0.2, 0) is 4.79 Å². The Kier molecular flexibility index (Phi) is 4.26. The summed E-state index contributed by atoms with van der Waals surface area (Å²) in [4.78, 5) is 15.3. The van der Waals surface area contributed by atoms with Crippen molar-refractivity contribution in [1.29, 1.82) is 0 Å². The molecular formula is C23H31NO2. The predicted octanol–water partition coefficient (Wildman–Crippen LogP) is 4.27. The molecule has 4 bridgehead atoms. The summed E-state index contributed by atoms with van der Waals surface area (Å²) in [7, 11) is 1.92. The Bertz CT molecular complexity index is 714. The zero-order valence-corrected chi connectivity index (χ0v) is 16.1. The lowest BCUT2D eigenvalue weighted by Gasteiger charge is -2.64. The van der Waals surface area contributed by atoms with Crippen molar-refractivity contribution in [1.82, 2.24) is 4.90 Å². The molecule has 0 saturated heterocycles. The summed E-state index contributed by atoms with van der Waals surface area (Å²) in [6, 6.07) is 10.2. The summed E-state index contributed by atoms with van der Waals surface area (Å²) in [5, 5.41) is 11.1. The fourth-order valence-corrected chi connectivity index (χ4v) is 6.62. The maximum absolute atomic E-state index is 13.4. The molecule has 0 aromatic heterocycles. The van der Waals surface area contributed by atoms with E-state index in [2.05, 4.69) is 31.2 Å². The number of amides is 1. The van der Waals surface area contributed by atoms with Gasteiger partial charge >= 0.3 is 0 Å². The number of carbonyl (C=O) groups excluding carboxylic acids is 1. The van der Waals surface area contributed by atoms with Crippen LogP contribution < -0.4 is 0 Å². The van der Waals surface area contributed by atoms with E-state index >= 15 is 0 Å². The normalized spacial score (nSPS) is 38.0. The molecule has 3 heteroatoms. The second kappa shape index (κ2) is 6.23. The monoisotopic (exact) mass is 353 g/mol. The van der Waals surface area contributed by atoms with Crippen molar-refractivity contribution in [2.24, 2.45) is 16.7 Å². The van der Waals surface area contributed by atoms with Gasteiger partial charge in [0.25, 0.3) is 0 Å². The van der Waals surface area contributed by atoms with E-state index in [1.54, 1.807) is 0 Å². The molecule has 3 nitrogen and oxygen atoms in total.